The van der Waals surface area contributed by atoms with Crippen LogP contribution in [0, 0.1) is 25.2 Å². The number of benzene rings is 2. The van der Waals surface area contributed by atoms with Crippen LogP contribution in [0.1, 0.15) is 43.0 Å². The lowest BCUT2D eigenvalue weighted by molar-refractivity contribution is 0.491. The van der Waals surface area contributed by atoms with Crippen molar-refractivity contribution in [3.05, 3.63) is 64.7 Å². The second-order valence-electron chi connectivity index (χ2n) is 7.50. The molecule has 0 aliphatic heterocycles. The molecule has 4 heteroatoms. The van der Waals surface area contributed by atoms with E-state index >= 15 is 0 Å². The summed E-state index contributed by atoms with van der Waals surface area (Å²) in [5, 5.41) is 10.2. The topological polar surface area (TPSA) is 45.9 Å². The number of nitriles is 1. The monoisotopic (exact) mass is 362 g/mol. The van der Waals surface area contributed by atoms with E-state index in [1.54, 1.807) is 0 Å². The molecule has 0 amide bonds. The fourth-order valence-electron chi connectivity index (χ4n) is 2.69. The maximum atomic E-state index is 9.67. The van der Waals surface area contributed by atoms with Crippen molar-refractivity contribution in [1.82, 2.24) is 4.37 Å². The molecular weight excluding hydrogens is 340 g/mol. The summed E-state index contributed by atoms with van der Waals surface area (Å²) in [5.41, 5.74) is 5.59. The molecule has 0 aliphatic carbocycles. The van der Waals surface area contributed by atoms with Crippen LogP contribution < -0.4 is 4.74 Å². The third kappa shape index (κ3) is 3.63. The van der Waals surface area contributed by atoms with Gasteiger partial charge in [-0.25, -0.2) is 0 Å². The second-order valence-corrected chi connectivity index (χ2v) is 8.24. The molecule has 0 N–H and O–H groups in total. The zero-order valence-corrected chi connectivity index (χ0v) is 16.6. The first kappa shape index (κ1) is 18.2. The van der Waals surface area contributed by atoms with Gasteiger partial charge in [0.25, 0.3) is 0 Å². The van der Waals surface area contributed by atoms with Crippen molar-refractivity contribution in [2.75, 3.05) is 0 Å². The van der Waals surface area contributed by atoms with E-state index in [1.165, 1.54) is 17.1 Å². The molecule has 0 bridgehead atoms. The predicted octanol–water partition coefficient (Wildman–Crippen LogP) is 6.39. The Labute approximate surface area is 159 Å². The summed E-state index contributed by atoms with van der Waals surface area (Å²) in [6, 6.07) is 16.6. The van der Waals surface area contributed by atoms with Crippen LogP contribution in [-0.4, -0.2) is 4.37 Å². The van der Waals surface area contributed by atoms with Crippen LogP contribution in [0.3, 0.4) is 0 Å². The highest BCUT2D eigenvalue weighted by molar-refractivity contribution is 7.08. The molecule has 0 spiro atoms. The first-order chi connectivity index (χ1) is 12.3. The molecule has 0 saturated carbocycles. The zero-order chi connectivity index (χ0) is 18.9. The molecule has 26 heavy (non-hydrogen) atoms. The van der Waals surface area contributed by atoms with Gasteiger partial charge in [-0.15, -0.1) is 0 Å². The summed E-state index contributed by atoms with van der Waals surface area (Å²) >= 11 is 1.22. The standard InChI is InChI=1S/C22H22N2OS/c1-14-6-7-15(2)19(12-14)25-21-18(13-23)20(24-26-21)16-8-10-17(11-9-16)22(3,4)5/h6-12H,1-5H3. The Kier molecular flexibility index (Phi) is 4.84. The van der Waals surface area contributed by atoms with Crippen LogP contribution in [0.5, 0.6) is 10.8 Å². The van der Waals surface area contributed by atoms with E-state index in [1.807, 2.05) is 44.2 Å². The Bertz CT molecular complexity index is 973. The molecular formula is C22H22N2OS. The van der Waals surface area contributed by atoms with Gasteiger partial charge in [0, 0.05) is 17.1 Å². The number of hydrogen-bond donors (Lipinski definition) is 0. The second kappa shape index (κ2) is 6.93. The van der Waals surface area contributed by atoms with Crippen LogP contribution in [0.2, 0.25) is 0 Å². The predicted molar refractivity (Wildman–Crippen MR) is 107 cm³/mol. The molecule has 0 fully saturated rings. The number of hydrogen-bond acceptors (Lipinski definition) is 4. The summed E-state index contributed by atoms with van der Waals surface area (Å²) < 4.78 is 10.5. The van der Waals surface area contributed by atoms with Crippen LogP contribution in [0.25, 0.3) is 11.3 Å². The molecule has 1 aromatic heterocycles. The number of nitrogens with zero attached hydrogens (tertiary/aromatic N) is 2. The molecule has 1 heterocycles. The SMILES string of the molecule is Cc1ccc(C)c(Oc2snc(-c3ccc(C(C)(C)C)cc3)c2C#N)c1. The molecule has 3 rings (SSSR count). The van der Waals surface area contributed by atoms with E-state index in [0.29, 0.717) is 16.3 Å². The first-order valence-corrected chi connectivity index (χ1v) is 9.32. The van der Waals surface area contributed by atoms with Gasteiger partial charge in [0.2, 0.25) is 5.06 Å². The Morgan fingerprint density at radius 2 is 1.73 bits per heavy atom. The Morgan fingerprint density at radius 1 is 1.04 bits per heavy atom. The molecule has 0 atom stereocenters. The van der Waals surface area contributed by atoms with E-state index in [2.05, 4.69) is 43.3 Å². The number of rotatable bonds is 3. The van der Waals surface area contributed by atoms with Crippen molar-refractivity contribution >= 4 is 11.5 Å². The van der Waals surface area contributed by atoms with E-state index in [-0.39, 0.29) is 5.41 Å². The zero-order valence-electron chi connectivity index (χ0n) is 15.8. The van der Waals surface area contributed by atoms with Crippen LogP contribution in [-0.2, 0) is 5.41 Å². The average molecular weight is 362 g/mol. The van der Waals surface area contributed by atoms with Crippen molar-refractivity contribution in [3.8, 4) is 28.1 Å². The van der Waals surface area contributed by atoms with E-state index in [0.717, 1.165) is 22.4 Å². The van der Waals surface area contributed by atoms with Gasteiger partial charge < -0.3 is 4.74 Å². The van der Waals surface area contributed by atoms with Gasteiger partial charge in [-0.05, 0) is 42.0 Å². The quantitative estimate of drug-likeness (QED) is 0.542. The fraction of sp³-hybridized carbons (Fsp3) is 0.273. The highest BCUT2D eigenvalue weighted by Crippen LogP contribution is 2.38. The molecule has 0 aliphatic rings. The summed E-state index contributed by atoms with van der Waals surface area (Å²) in [7, 11) is 0. The van der Waals surface area contributed by atoms with Crippen LogP contribution >= 0.6 is 11.5 Å². The van der Waals surface area contributed by atoms with Crippen molar-refractivity contribution in [1.29, 1.82) is 5.26 Å². The van der Waals surface area contributed by atoms with Crippen LogP contribution in [0.4, 0.5) is 0 Å². The van der Waals surface area contributed by atoms with Gasteiger partial charge in [-0.2, -0.15) is 9.64 Å². The number of aromatic nitrogens is 1. The number of aryl methyl sites for hydroxylation is 2. The van der Waals surface area contributed by atoms with E-state index < -0.39 is 0 Å². The van der Waals surface area contributed by atoms with E-state index in [9.17, 15) is 5.26 Å². The van der Waals surface area contributed by atoms with Gasteiger partial charge in [0.1, 0.15) is 23.1 Å². The van der Waals surface area contributed by atoms with Gasteiger partial charge in [0.05, 0.1) is 0 Å². The van der Waals surface area contributed by atoms with Crippen LogP contribution in [0.15, 0.2) is 42.5 Å². The smallest absolute Gasteiger partial charge is 0.218 e. The summed E-state index contributed by atoms with van der Waals surface area (Å²) in [5.74, 6) is 0.764. The van der Waals surface area contributed by atoms with Crippen molar-refractivity contribution in [2.45, 2.75) is 40.0 Å². The van der Waals surface area contributed by atoms with Crippen molar-refractivity contribution < 1.29 is 4.74 Å². The van der Waals surface area contributed by atoms with Gasteiger partial charge in [0.15, 0.2) is 0 Å². The average Bonchev–Trinajstić information content (AvgIpc) is 3.00. The summed E-state index contributed by atoms with van der Waals surface area (Å²) in [4.78, 5) is 0. The molecule has 2 aromatic carbocycles. The molecule has 132 valence electrons. The molecule has 0 unspecified atom stereocenters. The highest BCUT2D eigenvalue weighted by Gasteiger charge is 2.19. The lowest BCUT2D eigenvalue weighted by Gasteiger charge is -2.18. The molecule has 3 nitrogen and oxygen atoms in total. The van der Waals surface area contributed by atoms with E-state index in [4.69, 9.17) is 4.74 Å². The highest BCUT2D eigenvalue weighted by atomic mass is 32.1. The Balaban J connectivity index is 1.96. The third-order valence-corrected chi connectivity index (χ3v) is 5.07. The maximum Gasteiger partial charge on any atom is 0.218 e. The molecule has 0 saturated heterocycles. The van der Waals surface area contributed by atoms with Crippen molar-refractivity contribution in [3.63, 3.8) is 0 Å². The molecule has 3 aromatic rings. The minimum Gasteiger partial charge on any atom is -0.443 e. The maximum absolute atomic E-state index is 9.67. The third-order valence-electron chi connectivity index (χ3n) is 4.34. The van der Waals surface area contributed by atoms with Gasteiger partial charge >= 0.3 is 0 Å². The lowest BCUT2D eigenvalue weighted by Crippen LogP contribution is -2.10. The Hall–Kier alpha value is -2.64. The lowest BCUT2D eigenvalue weighted by atomic mass is 9.86. The minimum atomic E-state index is 0.0929. The first-order valence-electron chi connectivity index (χ1n) is 8.55. The summed E-state index contributed by atoms with van der Waals surface area (Å²) in [6.45, 7) is 10.6. The van der Waals surface area contributed by atoms with Crippen molar-refractivity contribution in [2.24, 2.45) is 0 Å². The summed E-state index contributed by atoms with van der Waals surface area (Å²) in [6.07, 6.45) is 0. The van der Waals surface area contributed by atoms with Gasteiger partial charge in [-0.3, -0.25) is 0 Å². The fourth-order valence-corrected chi connectivity index (χ4v) is 3.42. The molecule has 0 radical (unpaired) electrons. The normalized spacial score (nSPS) is 11.2. The number of ether oxygens (including phenoxy) is 1. The largest absolute Gasteiger partial charge is 0.443 e. The van der Waals surface area contributed by atoms with Gasteiger partial charge in [-0.1, -0.05) is 57.2 Å². The minimum absolute atomic E-state index is 0.0929. The Morgan fingerprint density at radius 3 is 2.35 bits per heavy atom.